The molecule has 3 rings (SSSR count). The number of rotatable bonds is 2. The molecule has 1 unspecified atom stereocenters. The smallest absolute Gasteiger partial charge is 0.181 e. The molecule has 2 aromatic carbocycles. The van der Waals surface area contributed by atoms with Crippen LogP contribution in [0, 0.1) is 6.92 Å². The summed E-state index contributed by atoms with van der Waals surface area (Å²) in [5, 5.41) is 2.33. The summed E-state index contributed by atoms with van der Waals surface area (Å²) in [7, 11) is 4.32. The number of hydrazone groups is 1. The van der Waals surface area contributed by atoms with Gasteiger partial charge in [0.15, 0.2) is 7.05 Å². The van der Waals surface area contributed by atoms with Gasteiger partial charge in [0.1, 0.15) is 6.04 Å². The van der Waals surface area contributed by atoms with E-state index < -0.39 is 0 Å². The van der Waals surface area contributed by atoms with Crippen LogP contribution in [-0.2, 0) is 0 Å². The van der Waals surface area contributed by atoms with Crippen molar-refractivity contribution in [2.75, 3.05) is 14.1 Å². The summed E-state index contributed by atoms with van der Waals surface area (Å²) in [6, 6.07) is 19.9. The molecular weight excluding hydrogens is 244 g/mol. The number of aryl methyl sites for hydroxylation is 1. The Hall–Kier alpha value is -2.09. The van der Waals surface area contributed by atoms with Gasteiger partial charge in [0.2, 0.25) is 5.71 Å². The minimum Gasteiger partial charge on any atom is -0.181 e. The average molecular weight is 265 g/mol. The third-order valence-corrected chi connectivity index (χ3v) is 4.24. The van der Waals surface area contributed by atoms with E-state index in [1.54, 1.807) is 0 Å². The molecule has 1 heterocycles. The molecule has 102 valence electrons. The lowest BCUT2D eigenvalue weighted by Crippen LogP contribution is -2.27. The van der Waals surface area contributed by atoms with Gasteiger partial charge in [0.25, 0.3) is 0 Å². The summed E-state index contributed by atoms with van der Waals surface area (Å²) in [6.45, 7) is 2.16. The fraction of sp³-hybridized carbons (Fsp3) is 0.278. The molecule has 20 heavy (non-hydrogen) atoms. The van der Waals surface area contributed by atoms with Crippen molar-refractivity contribution in [2.45, 2.75) is 19.4 Å². The Morgan fingerprint density at radius 1 is 1.05 bits per heavy atom. The Bertz CT molecular complexity index is 643. The van der Waals surface area contributed by atoms with E-state index in [0.29, 0.717) is 6.04 Å². The van der Waals surface area contributed by atoms with Gasteiger partial charge in [0.05, 0.1) is 13.5 Å². The van der Waals surface area contributed by atoms with E-state index in [1.165, 1.54) is 22.4 Å². The molecule has 2 aromatic rings. The van der Waals surface area contributed by atoms with Crippen LogP contribution in [0.4, 0.5) is 0 Å². The highest BCUT2D eigenvalue weighted by Crippen LogP contribution is 2.30. The van der Waals surface area contributed by atoms with Gasteiger partial charge in [-0.2, -0.15) is 5.01 Å². The van der Waals surface area contributed by atoms with Crippen LogP contribution in [0.25, 0.3) is 0 Å². The van der Waals surface area contributed by atoms with Crippen molar-refractivity contribution < 1.29 is 4.68 Å². The van der Waals surface area contributed by atoms with E-state index in [1.807, 2.05) is 0 Å². The van der Waals surface area contributed by atoms with Gasteiger partial charge in [-0.25, -0.2) is 0 Å². The standard InChI is InChI=1S/C18H21N2/c1-14-8-7-11-16(12-14)18-13-17(19(2)20(18)3)15-9-5-4-6-10-15/h4-12,18H,13H2,1-3H3/q+1. The molecular formula is C18H21N2+. The maximum Gasteiger partial charge on any atom is 0.215 e. The Balaban J connectivity index is 1.94. The van der Waals surface area contributed by atoms with E-state index in [2.05, 4.69) is 85.3 Å². The number of benzene rings is 2. The lowest BCUT2D eigenvalue weighted by Gasteiger charge is -2.17. The van der Waals surface area contributed by atoms with Crippen LogP contribution in [0.1, 0.15) is 29.2 Å². The molecule has 0 radical (unpaired) electrons. The summed E-state index contributed by atoms with van der Waals surface area (Å²) in [4.78, 5) is 0. The summed E-state index contributed by atoms with van der Waals surface area (Å²) < 4.78 is 2.28. The van der Waals surface area contributed by atoms with Gasteiger partial charge in [-0.05, 0) is 24.6 Å². The molecule has 0 fully saturated rings. The second kappa shape index (κ2) is 5.12. The van der Waals surface area contributed by atoms with E-state index in [9.17, 15) is 0 Å². The molecule has 1 aliphatic rings. The normalized spacial score (nSPS) is 18.8. The van der Waals surface area contributed by atoms with Crippen LogP contribution in [0.3, 0.4) is 0 Å². The molecule has 0 bridgehead atoms. The van der Waals surface area contributed by atoms with E-state index >= 15 is 0 Å². The molecule has 0 N–H and O–H groups in total. The zero-order valence-electron chi connectivity index (χ0n) is 12.4. The quantitative estimate of drug-likeness (QED) is 0.754. The molecule has 0 aliphatic carbocycles. The summed E-state index contributed by atoms with van der Waals surface area (Å²) in [6.07, 6.45) is 1.06. The first kappa shape index (κ1) is 12.9. The van der Waals surface area contributed by atoms with Crippen molar-refractivity contribution >= 4 is 5.71 Å². The summed E-state index contributed by atoms with van der Waals surface area (Å²) in [5.74, 6) is 0. The lowest BCUT2D eigenvalue weighted by atomic mass is 9.97. The second-order valence-corrected chi connectivity index (χ2v) is 5.54. The molecule has 0 saturated heterocycles. The molecule has 0 aromatic heterocycles. The fourth-order valence-corrected chi connectivity index (χ4v) is 2.99. The first-order chi connectivity index (χ1) is 9.66. The summed E-state index contributed by atoms with van der Waals surface area (Å²) >= 11 is 0. The second-order valence-electron chi connectivity index (χ2n) is 5.54. The van der Waals surface area contributed by atoms with Crippen LogP contribution in [0.2, 0.25) is 0 Å². The molecule has 1 atom stereocenters. The molecule has 0 spiro atoms. The van der Waals surface area contributed by atoms with E-state index in [-0.39, 0.29) is 0 Å². The van der Waals surface area contributed by atoms with Gasteiger partial charge in [-0.3, -0.25) is 0 Å². The van der Waals surface area contributed by atoms with Gasteiger partial charge >= 0.3 is 0 Å². The predicted octanol–water partition coefficient (Wildman–Crippen LogP) is 3.42. The number of nitrogens with zero attached hydrogens (tertiary/aromatic N) is 2. The minimum atomic E-state index is 0.426. The topological polar surface area (TPSA) is 6.25 Å². The highest BCUT2D eigenvalue weighted by molar-refractivity contribution is 5.97. The van der Waals surface area contributed by atoms with Crippen molar-refractivity contribution in [2.24, 2.45) is 0 Å². The van der Waals surface area contributed by atoms with Crippen molar-refractivity contribution in [1.29, 1.82) is 0 Å². The van der Waals surface area contributed by atoms with E-state index in [4.69, 9.17) is 0 Å². The first-order valence-corrected chi connectivity index (χ1v) is 7.11. The van der Waals surface area contributed by atoms with Crippen LogP contribution in [-0.4, -0.2) is 29.5 Å². The van der Waals surface area contributed by atoms with Crippen LogP contribution in [0.5, 0.6) is 0 Å². The minimum absolute atomic E-state index is 0.426. The molecule has 1 aliphatic heterocycles. The average Bonchev–Trinajstić information content (AvgIpc) is 2.76. The monoisotopic (exact) mass is 265 g/mol. The third kappa shape index (κ3) is 2.22. The Morgan fingerprint density at radius 2 is 1.80 bits per heavy atom. The maximum absolute atomic E-state index is 2.33. The first-order valence-electron chi connectivity index (χ1n) is 7.11. The number of hydrazine groups is 1. The molecule has 2 heteroatoms. The highest BCUT2D eigenvalue weighted by atomic mass is 15.6. The summed E-state index contributed by atoms with van der Waals surface area (Å²) in [5.41, 5.74) is 5.42. The van der Waals surface area contributed by atoms with Crippen LogP contribution >= 0.6 is 0 Å². The van der Waals surface area contributed by atoms with Crippen molar-refractivity contribution in [3.05, 3.63) is 71.3 Å². The lowest BCUT2D eigenvalue weighted by molar-refractivity contribution is -0.660. The molecule has 0 saturated carbocycles. The zero-order chi connectivity index (χ0) is 14.1. The van der Waals surface area contributed by atoms with Crippen LogP contribution in [0.15, 0.2) is 54.6 Å². The molecule has 2 nitrogen and oxygen atoms in total. The number of hydrogen-bond donors (Lipinski definition) is 0. The number of hydrogen-bond acceptors (Lipinski definition) is 1. The maximum atomic E-state index is 2.33. The van der Waals surface area contributed by atoms with Crippen molar-refractivity contribution in [3.63, 3.8) is 0 Å². The van der Waals surface area contributed by atoms with Crippen LogP contribution < -0.4 is 0 Å². The predicted molar refractivity (Wildman–Crippen MR) is 83.0 cm³/mol. The SMILES string of the molecule is Cc1cccc(C2CC(c3ccccc3)=[N+](C)N2C)c1. The Labute approximate surface area is 121 Å². The van der Waals surface area contributed by atoms with E-state index in [0.717, 1.165) is 6.42 Å². The fourth-order valence-electron chi connectivity index (χ4n) is 2.99. The van der Waals surface area contributed by atoms with Crippen molar-refractivity contribution in [3.8, 4) is 0 Å². The largest absolute Gasteiger partial charge is 0.215 e. The zero-order valence-corrected chi connectivity index (χ0v) is 12.4. The highest BCUT2D eigenvalue weighted by Gasteiger charge is 2.36. The Kier molecular flexibility index (Phi) is 3.31. The van der Waals surface area contributed by atoms with Gasteiger partial charge in [0, 0.05) is 5.56 Å². The third-order valence-electron chi connectivity index (χ3n) is 4.24. The van der Waals surface area contributed by atoms with Crippen molar-refractivity contribution in [1.82, 2.24) is 5.01 Å². The van der Waals surface area contributed by atoms with Gasteiger partial charge in [-0.15, -0.1) is 4.68 Å². The molecule has 0 amide bonds. The van der Waals surface area contributed by atoms with Gasteiger partial charge < -0.3 is 0 Å². The van der Waals surface area contributed by atoms with Gasteiger partial charge in [-0.1, -0.05) is 48.0 Å². The Morgan fingerprint density at radius 3 is 2.50 bits per heavy atom.